The van der Waals surface area contributed by atoms with Crippen LogP contribution in [0.3, 0.4) is 0 Å². The van der Waals surface area contributed by atoms with Crippen LogP contribution in [-0.4, -0.2) is 23.6 Å². The molecule has 2 aliphatic rings. The second kappa shape index (κ2) is 6.44. The fraction of sp³-hybridized carbons (Fsp3) is 0.474. The summed E-state index contributed by atoms with van der Waals surface area (Å²) in [6, 6.07) is 6.86. The highest BCUT2D eigenvalue weighted by Gasteiger charge is 2.60. The van der Waals surface area contributed by atoms with Crippen LogP contribution in [0.15, 0.2) is 28.7 Å². The molecule has 4 amide bonds. The molecule has 3 N–H and O–H groups in total. The summed E-state index contributed by atoms with van der Waals surface area (Å²) in [5.74, 6) is -1.56. The van der Waals surface area contributed by atoms with E-state index in [2.05, 4.69) is 32.1 Å². The zero-order valence-corrected chi connectivity index (χ0v) is 17.0. The van der Waals surface area contributed by atoms with Gasteiger partial charge in [0.15, 0.2) is 0 Å². The minimum Gasteiger partial charge on any atom is -0.296 e. The van der Waals surface area contributed by atoms with Crippen LogP contribution in [0.2, 0.25) is 0 Å². The van der Waals surface area contributed by atoms with E-state index in [0.29, 0.717) is 29.3 Å². The van der Waals surface area contributed by atoms with Gasteiger partial charge in [-0.05, 0) is 47.3 Å². The zero-order chi connectivity index (χ0) is 20.0. The molecule has 3 rings (SSSR count). The van der Waals surface area contributed by atoms with Crippen LogP contribution >= 0.6 is 15.9 Å². The number of benzene rings is 1. The molecule has 144 valence electrons. The van der Waals surface area contributed by atoms with Crippen molar-refractivity contribution in [3.05, 3.63) is 34.3 Å². The average molecular weight is 436 g/mol. The maximum atomic E-state index is 12.9. The van der Waals surface area contributed by atoms with E-state index in [1.54, 1.807) is 45.0 Å². The Morgan fingerprint density at radius 1 is 0.963 bits per heavy atom. The zero-order valence-electron chi connectivity index (χ0n) is 15.4. The molecule has 8 heteroatoms. The lowest BCUT2D eigenvalue weighted by Crippen LogP contribution is -2.64. The number of hydrogen-bond acceptors (Lipinski definition) is 4. The van der Waals surface area contributed by atoms with Crippen molar-refractivity contribution in [3.8, 4) is 0 Å². The van der Waals surface area contributed by atoms with Crippen LogP contribution in [0.1, 0.15) is 50.4 Å². The number of hydrogen-bond donors (Lipinski definition) is 3. The smallest absolute Gasteiger partial charge is 0.270 e. The molecule has 0 radical (unpaired) electrons. The summed E-state index contributed by atoms with van der Waals surface area (Å²) in [6.45, 7) is 5.28. The van der Waals surface area contributed by atoms with Gasteiger partial charge in [-0.1, -0.05) is 32.9 Å². The molecule has 1 saturated heterocycles. The number of amides is 4. The maximum Gasteiger partial charge on any atom is 0.270 e. The predicted octanol–water partition coefficient (Wildman–Crippen LogP) is 2.07. The first-order chi connectivity index (χ1) is 12.5. The Kier molecular flexibility index (Phi) is 4.66. The van der Waals surface area contributed by atoms with Gasteiger partial charge >= 0.3 is 0 Å². The molecular weight excluding hydrogens is 414 g/mol. The van der Waals surface area contributed by atoms with Crippen LogP contribution in [0.5, 0.6) is 0 Å². The monoisotopic (exact) mass is 435 g/mol. The molecule has 27 heavy (non-hydrogen) atoms. The summed E-state index contributed by atoms with van der Waals surface area (Å²) in [7, 11) is 0. The topological polar surface area (TPSA) is 104 Å². The molecule has 2 atom stereocenters. The minimum atomic E-state index is -0.962. The molecule has 1 saturated carbocycles. The molecule has 1 aliphatic heterocycles. The van der Waals surface area contributed by atoms with Crippen LogP contribution in [-0.2, 0) is 14.4 Å². The highest BCUT2D eigenvalue weighted by molar-refractivity contribution is 9.10. The Bertz CT molecular complexity index is 827. The third kappa shape index (κ3) is 3.38. The lowest BCUT2D eigenvalue weighted by atomic mass is 9.52. The Morgan fingerprint density at radius 2 is 1.52 bits per heavy atom. The summed E-state index contributed by atoms with van der Waals surface area (Å²) in [4.78, 5) is 49.9. The van der Waals surface area contributed by atoms with Crippen molar-refractivity contribution < 1.29 is 19.2 Å². The van der Waals surface area contributed by atoms with Crippen molar-refractivity contribution in [1.82, 2.24) is 16.2 Å². The lowest BCUT2D eigenvalue weighted by Gasteiger charge is -2.53. The number of halogens is 1. The van der Waals surface area contributed by atoms with Gasteiger partial charge in [-0.3, -0.25) is 35.3 Å². The second-order valence-corrected chi connectivity index (χ2v) is 9.24. The molecule has 0 aromatic heterocycles. The summed E-state index contributed by atoms with van der Waals surface area (Å²) in [5.41, 5.74) is 2.70. The van der Waals surface area contributed by atoms with E-state index in [1.165, 1.54) is 0 Å². The molecule has 1 aliphatic carbocycles. The molecule has 1 aromatic rings. The molecule has 0 spiro atoms. The third-order valence-electron chi connectivity index (χ3n) is 5.62. The first-order valence-electron chi connectivity index (χ1n) is 8.70. The number of carbonyl (C=O) groups is 4. The number of carbonyl (C=O) groups excluding carboxylic acids is 4. The van der Waals surface area contributed by atoms with E-state index in [1.807, 2.05) is 0 Å². The Hall–Kier alpha value is -2.22. The second-order valence-electron chi connectivity index (χ2n) is 8.38. The first kappa shape index (κ1) is 19.5. The van der Waals surface area contributed by atoms with Crippen molar-refractivity contribution in [2.24, 2.45) is 16.2 Å². The molecule has 2 fully saturated rings. The summed E-state index contributed by atoms with van der Waals surface area (Å²) in [5, 5.41) is 2.43. The van der Waals surface area contributed by atoms with Gasteiger partial charge < -0.3 is 0 Å². The predicted molar refractivity (Wildman–Crippen MR) is 101 cm³/mol. The van der Waals surface area contributed by atoms with Gasteiger partial charge in [0.1, 0.15) is 0 Å². The van der Waals surface area contributed by atoms with Gasteiger partial charge in [-0.2, -0.15) is 0 Å². The quantitative estimate of drug-likeness (QED) is 0.488. The summed E-state index contributed by atoms with van der Waals surface area (Å²) < 4.78 is 0.609. The molecule has 1 heterocycles. The number of hydrazine groups is 1. The van der Waals surface area contributed by atoms with Crippen molar-refractivity contribution in [2.45, 2.75) is 40.0 Å². The lowest BCUT2D eigenvalue weighted by molar-refractivity contribution is -0.164. The first-order valence-corrected chi connectivity index (χ1v) is 9.50. The molecule has 2 bridgehead atoms. The Morgan fingerprint density at radius 3 is 2.07 bits per heavy atom. The normalized spacial score (nSPS) is 32.4. The van der Waals surface area contributed by atoms with Crippen LogP contribution < -0.4 is 16.2 Å². The summed E-state index contributed by atoms with van der Waals surface area (Å²) >= 11 is 3.30. The standard InChI is InChI=1S/C19H22BrN3O4/c1-17-8-18(2,15(26)21-14(17)25)10-19(3,9-17)16(27)23-22-13(24)11-6-4-5-7-12(11)20/h4-7H,8-10H2,1-3H3,(H,22,24)(H,23,27)(H,21,25,26). The number of fused-ring (bicyclic) bond motifs is 2. The van der Waals surface area contributed by atoms with Crippen molar-refractivity contribution in [1.29, 1.82) is 0 Å². The van der Waals surface area contributed by atoms with Gasteiger partial charge in [0.05, 0.1) is 11.0 Å². The summed E-state index contributed by atoms with van der Waals surface area (Å²) in [6.07, 6.45) is 1.01. The van der Waals surface area contributed by atoms with E-state index in [4.69, 9.17) is 0 Å². The number of imide groups is 1. The largest absolute Gasteiger partial charge is 0.296 e. The number of piperidine rings is 1. The van der Waals surface area contributed by atoms with Crippen LogP contribution in [0, 0.1) is 16.2 Å². The third-order valence-corrected chi connectivity index (χ3v) is 6.31. The van der Waals surface area contributed by atoms with Crippen molar-refractivity contribution >= 4 is 39.6 Å². The van der Waals surface area contributed by atoms with E-state index < -0.39 is 28.1 Å². The van der Waals surface area contributed by atoms with E-state index in [9.17, 15) is 19.2 Å². The highest BCUT2D eigenvalue weighted by atomic mass is 79.9. The molecular formula is C19H22BrN3O4. The van der Waals surface area contributed by atoms with Gasteiger partial charge in [0.25, 0.3) is 5.91 Å². The van der Waals surface area contributed by atoms with Gasteiger partial charge in [0, 0.05) is 15.3 Å². The van der Waals surface area contributed by atoms with Crippen molar-refractivity contribution in [2.75, 3.05) is 0 Å². The number of rotatable bonds is 2. The van der Waals surface area contributed by atoms with Gasteiger partial charge in [-0.15, -0.1) is 0 Å². The van der Waals surface area contributed by atoms with Crippen LogP contribution in [0.25, 0.3) is 0 Å². The molecule has 7 nitrogen and oxygen atoms in total. The Labute approximate surface area is 165 Å². The van der Waals surface area contributed by atoms with E-state index >= 15 is 0 Å². The maximum absolute atomic E-state index is 12.9. The fourth-order valence-electron chi connectivity index (χ4n) is 4.63. The van der Waals surface area contributed by atoms with Gasteiger partial charge in [0.2, 0.25) is 17.7 Å². The average Bonchev–Trinajstić information content (AvgIpc) is 2.57. The minimum absolute atomic E-state index is 0.297. The van der Waals surface area contributed by atoms with Crippen molar-refractivity contribution in [3.63, 3.8) is 0 Å². The molecule has 2 unspecified atom stereocenters. The van der Waals surface area contributed by atoms with E-state index in [0.717, 1.165) is 0 Å². The fourth-order valence-corrected chi connectivity index (χ4v) is 5.10. The van der Waals surface area contributed by atoms with Crippen LogP contribution in [0.4, 0.5) is 0 Å². The molecule has 1 aromatic carbocycles. The Balaban J connectivity index is 1.76. The van der Waals surface area contributed by atoms with Gasteiger partial charge in [-0.25, -0.2) is 0 Å². The van der Waals surface area contributed by atoms with E-state index in [-0.39, 0.29) is 11.8 Å². The number of nitrogens with one attached hydrogen (secondary N) is 3. The SMILES string of the molecule is CC1(C(=O)NNC(=O)c2ccccc2Br)CC2(C)CC(C)(C1)C(=O)NC2=O. The highest BCUT2D eigenvalue weighted by Crippen LogP contribution is 2.56.